The van der Waals surface area contributed by atoms with Crippen molar-refractivity contribution in [3.05, 3.63) is 48.0 Å². The van der Waals surface area contributed by atoms with Crippen LogP contribution in [0.15, 0.2) is 42.5 Å². The van der Waals surface area contributed by atoms with Crippen molar-refractivity contribution >= 4 is 17.0 Å². The first-order valence-electron chi connectivity index (χ1n) is 8.51. The number of fused-ring (bicyclic) bond motifs is 1. The molecule has 25 heavy (non-hydrogen) atoms. The molecule has 130 valence electrons. The van der Waals surface area contributed by atoms with E-state index >= 15 is 0 Å². The molecule has 0 bridgehead atoms. The number of hydrogen-bond donors (Lipinski definition) is 1. The van der Waals surface area contributed by atoms with Crippen molar-refractivity contribution in [2.45, 2.75) is 26.7 Å². The molecule has 0 aliphatic rings. The monoisotopic (exact) mass is 338 g/mol. The Balaban J connectivity index is 1.58. The van der Waals surface area contributed by atoms with Gasteiger partial charge in [0.05, 0.1) is 24.2 Å². The largest absolute Gasteiger partial charge is 0.494 e. The first-order valence-corrected chi connectivity index (χ1v) is 8.51. The van der Waals surface area contributed by atoms with E-state index < -0.39 is 0 Å². The average molecular weight is 338 g/mol. The highest BCUT2D eigenvalue weighted by Gasteiger charge is 2.06. The van der Waals surface area contributed by atoms with Gasteiger partial charge in [-0.05, 0) is 62.2 Å². The minimum Gasteiger partial charge on any atom is -0.494 e. The topological polar surface area (TPSA) is 64.2 Å². The summed E-state index contributed by atoms with van der Waals surface area (Å²) in [7, 11) is 0. The molecule has 3 aromatic rings. The molecule has 0 saturated heterocycles. The van der Waals surface area contributed by atoms with Crippen molar-refractivity contribution in [1.29, 1.82) is 0 Å². The lowest BCUT2D eigenvalue weighted by molar-refractivity contribution is -0.143. The number of rotatable bonds is 7. The number of carbonyl (C=O) groups is 1. The first kappa shape index (κ1) is 17.0. The molecule has 5 nitrogen and oxygen atoms in total. The number of H-pyrrole nitrogens is 1. The molecule has 2 aromatic carbocycles. The molecule has 0 atom stereocenters. The third kappa shape index (κ3) is 4.38. The van der Waals surface area contributed by atoms with Gasteiger partial charge in [0.1, 0.15) is 11.6 Å². The Morgan fingerprint density at radius 3 is 2.72 bits per heavy atom. The normalized spacial score (nSPS) is 10.8. The number of ether oxygens (including phenoxy) is 2. The van der Waals surface area contributed by atoms with Gasteiger partial charge in [-0.2, -0.15) is 0 Å². The first-order chi connectivity index (χ1) is 12.2. The van der Waals surface area contributed by atoms with Crippen LogP contribution in [-0.4, -0.2) is 29.2 Å². The summed E-state index contributed by atoms with van der Waals surface area (Å²) in [6.07, 6.45) is 1.02. The molecule has 1 aromatic heterocycles. The number of hydrogen-bond acceptors (Lipinski definition) is 4. The molecular formula is C20H22N2O3. The number of nitrogens with one attached hydrogen (secondary N) is 1. The minimum atomic E-state index is -0.179. The molecule has 0 amide bonds. The molecule has 0 saturated carbocycles. The third-order valence-corrected chi connectivity index (χ3v) is 3.86. The lowest BCUT2D eigenvalue weighted by atomic mass is 10.2. The van der Waals surface area contributed by atoms with Crippen LogP contribution in [0.4, 0.5) is 0 Å². The molecule has 5 heteroatoms. The zero-order valence-electron chi connectivity index (χ0n) is 14.5. The number of benzene rings is 2. The maximum atomic E-state index is 11.3. The molecule has 1 heterocycles. The van der Waals surface area contributed by atoms with E-state index in [-0.39, 0.29) is 5.97 Å². The number of aromatic nitrogens is 2. The molecular weight excluding hydrogens is 316 g/mol. The Hall–Kier alpha value is -2.82. The van der Waals surface area contributed by atoms with Gasteiger partial charge in [-0.15, -0.1) is 0 Å². The molecule has 0 aliphatic carbocycles. The van der Waals surface area contributed by atoms with Gasteiger partial charge >= 0.3 is 5.97 Å². The maximum Gasteiger partial charge on any atom is 0.305 e. The summed E-state index contributed by atoms with van der Waals surface area (Å²) in [5.41, 5.74) is 4.20. The molecule has 1 N–H and O–H groups in total. The highest BCUT2D eigenvalue weighted by atomic mass is 16.5. The van der Waals surface area contributed by atoms with Gasteiger partial charge in [0.15, 0.2) is 0 Å². The van der Waals surface area contributed by atoms with Crippen LogP contribution in [0.5, 0.6) is 5.75 Å². The number of imidazole rings is 1. The van der Waals surface area contributed by atoms with Crippen LogP contribution in [0.3, 0.4) is 0 Å². The van der Waals surface area contributed by atoms with E-state index in [2.05, 4.69) is 29.0 Å². The summed E-state index contributed by atoms with van der Waals surface area (Å²) in [6.45, 7) is 4.78. The van der Waals surface area contributed by atoms with Crippen molar-refractivity contribution in [3.8, 4) is 17.1 Å². The predicted octanol–water partition coefficient (Wildman–Crippen LogP) is 4.26. The lowest BCUT2D eigenvalue weighted by Gasteiger charge is -2.06. The van der Waals surface area contributed by atoms with Gasteiger partial charge in [0.2, 0.25) is 0 Å². The summed E-state index contributed by atoms with van der Waals surface area (Å²) in [5.74, 6) is 1.44. The van der Waals surface area contributed by atoms with Gasteiger partial charge < -0.3 is 14.5 Å². The van der Waals surface area contributed by atoms with E-state index in [0.29, 0.717) is 26.1 Å². The zero-order valence-corrected chi connectivity index (χ0v) is 14.5. The standard InChI is InChI=1S/C20H22N2O3/c1-3-24-19(23)5-4-12-25-16-9-7-15(8-10-16)20-21-17-11-6-14(2)13-18(17)22-20/h6-11,13H,3-5,12H2,1-2H3,(H,21,22). The second-order valence-corrected chi connectivity index (χ2v) is 5.89. The van der Waals surface area contributed by atoms with Gasteiger partial charge in [-0.25, -0.2) is 4.98 Å². The highest BCUT2D eigenvalue weighted by molar-refractivity contribution is 5.80. The second-order valence-electron chi connectivity index (χ2n) is 5.89. The van der Waals surface area contributed by atoms with Crippen LogP contribution in [-0.2, 0) is 9.53 Å². The fourth-order valence-electron chi connectivity index (χ4n) is 2.61. The van der Waals surface area contributed by atoms with Crippen molar-refractivity contribution < 1.29 is 14.3 Å². The van der Waals surface area contributed by atoms with E-state index in [4.69, 9.17) is 9.47 Å². The number of esters is 1. The lowest BCUT2D eigenvalue weighted by Crippen LogP contribution is -2.06. The predicted molar refractivity (Wildman–Crippen MR) is 97.6 cm³/mol. The van der Waals surface area contributed by atoms with E-state index in [1.165, 1.54) is 5.56 Å². The average Bonchev–Trinajstić information content (AvgIpc) is 3.02. The van der Waals surface area contributed by atoms with Crippen LogP contribution >= 0.6 is 0 Å². The van der Waals surface area contributed by atoms with Crippen molar-refractivity contribution in [1.82, 2.24) is 9.97 Å². The summed E-state index contributed by atoms with van der Waals surface area (Å²) in [5, 5.41) is 0. The van der Waals surface area contributed by atoms with Crippen molar-refractivity contribution in [2.24, 2.45) is 0 Å². The number of nitrogens with zero attached hydrogens (tertiary/aromatic N) is 1. The fraction of sp³-hybridized carbons (Fsp3) is 0.300. The SMILES string of the molecule is CCOC(=O)CCCOc1ccc(-c2nc3ccc(C)cc3[nH]2)cc1. The van der Waals surface area contributed by atoms with Crippen LogP contribution in [0.25, 0.3) is 22.4 Å². The molecule has 0 radical (unpaired) electrons. The minimum absolute atomic E-state index is 0.179. The van der Waals surface area contributed by atoms with Crippen LogP contribution in [0, 0.1) is 6.92 Å². The summed E-state index contributed by atoms with van der Waals surface area (Å²) >= 11 is 0. The van der Waals surface area contributed by atoms with Gasteiger partial charge in [-0.1, -0.05) is 6.07 Å². The Morgan fingerprint density at radius 2 is 1.96 bits per heavy atom. The van der Waals surface area contributed by atoms with Crippen molar-refractivity contribution in [3.63, 3.8) is 0 Å². The van der Waals surface area contributed by atoms with E-state index in [9.17, 15) is 4.79 Å². The number of aryl methyl sites for hydroxylation is 1. The summed E-state index contributed by atoms with van der Waals surface area (Å²) in [6, 6.07) is 13.9. The van der Waals surface area contributed by atoms with E-state index in [0.717, 1.165) is 28.2 Å². The molecule has 0 spiro atoms. The molecule has 0 unspecified atom stereocenters. The molecule has 3 rings (SSSR count). The van der Waals surface area contributed by atoms with Crippen molar-refractivity contribution in [2.75, 3.05) is 13.2 Å². The molecule has 0 aliphatic heterocycles. The highest BCUT2D eigenvalue weighted by Crippen LogP contribution is 2.23. The number of aromatic amines is 1. The number of carbonyl (C=O) groups excluding carboxylic acids is 1. The Bertz CT molecular complexity index is 853. The quantitative estimate of drug-likeness (QED) is 0.516. The summed E-state index contributed by atoms with van der Waals surface area (Å²) < 4.78 is 10.5. The Kier molecular flexibility index (Phi) is 5.33. The Labute approximate surface area is 147 Å². The zero-order chi connectivity index (χ0) is 17.6. The van der Waals surface area contributed by atoms with Gasteiger partial charge in [0, 0.05) is 12.0 Å². The molecule has 0 fully saturated rings. The smallest absolute Gasteiger partial charge is 0.305 e. The van der Waals surface area contributed by atoms with Gasteiger partial charge in [0.25, 0.3) is 0 Å². The Morgan fingerprint density at radius 1 is 1.16 bits per heavy atom. The third-order valence-electron chi connectivity index (χ3n) is 3.86. The van der Waals surface area contributed by atoms with Gasteiger partial charge in [-0.3, -0.25) is 4.79 Å². The fourth-order valence-corrected chi connectivity index (χ4v) is 2.61. The van der Waals surface area contributed by atoms with Crippen LogP contribution in [0.1, 0.15) is 25.3 Å². The maximum absolute atomic E-state index is 11.3. The second kappa shape index (κ2) is 7.83. The van der Waals surface area contributed by atoms with E-state index in [1.54, 1.807) is 6.92 Å². The summed E-state index contributed by atoms with van der Waals surface area (Å²) in [4.78, 5) is 19.2. The van der Waals surface area contributed by atoms with Crippen LogP contribution in [0.2, 0.25) is 0 Å². The van der Waals surface area contributed by atoms with Crippen LogP contribution < -0.4 is 4.74 Å². The van der Waals surface area contributed by atoms with E-state index in [1.807, 2.05) is 30.3 Å².